The summed E-state index contributed by atoms with van der Waals surface area (Å²) in [6.45, 7) is 8.76. The third kappa shape index (κ3) is 3.47. The normalized spacial score (nSPS) is 10.6. The molecular weight excluding hydrogens is 254 g/mol. The number of nitrogens with zero attached hydrogens (tertiary/aromatic N) is 3. The number of benzene rings is 1. The predicted octanol–water partition coefficient (Wildman–Crippen LogP) is 3.63. The molecule has 1 heterocycles. The summed E-state index contributed by atoms with van der Waals surface area (Å²) < 4.78 is 2.13. The first-order valence-corrected chi connectivity index (χ1v) is 7.44. The minimum Gasteiger partial charge on any atom is -0.302 e. The van der Waals surface area contributed by atoms with E-state index in [0.717, 1.165) is 29.7 Å². The Labute approximate surface area is 118 Å². The molecule has 0 amide bonds. The van der Waals surface area contributed by atoms with Gasteiger partial charge in [0.25, 0.3) is 0 Å². The quantitative estimate of drug-likeness (QED) is 0.595. The Morgan fingerprint density at radius 2 is 2.00 bits per heavy atom. The van der Waals surface area contributed by atoms with Crippen LogP contribution in [0.1, 0.15) is 23.9 Å². The standard InChI is InChI=1S/C15H19N3S/c1-4-10-18-14(5-2)16-17-15(18)19-11-13-8-6-12(3)7-9-13/h4,6-9H,1,5,10-11H2,2-3H3. The van der Waals surface area contributed by atoms with E-state index in [4.69, 9.17) is 0 Å². The van der Waals surface area contributed by atoms with Crippen LogP contribution < -0.4 is 0 Å². The van der Waals surface area contributed by atoms with Gasteiger partial charge in [-0.05, 0) is 12.5 Å². The van der Waals surface area contributed by atoms with Gasteiger partial charge in [-0.25, -0.2) is 0 Å². The molecule has 0 aliphatic rings. The summed E-state index contributed by atoms with van der Waals surface area (Å²) >= 11 is 1.72. The zero-order valence-electron chi connectivity index (χ0n) is 11.5. The Balaban J connectivity index is 2.08. The molecule has 0 unspecified atom stereocenters. The predicted molar refractivity (Wildman–Crippen MR) is 80.3 cm³/mol. The summed E-state index contributed by atoms with van der Waals surface area (Å²) in [7, 11) is 0. The topological polar surface area (TPSA) is 30.7 Å². The van der Waals surface area contributed by atoms with Crippen LogP contribution >= 0.6 is 11.8 Å². The molecule has 100 valence electrons. The van der Waals surface area contributed by atoms with Crippen molar-refractivity contribution in [1.29, 1.82) is 0 Å². The molecule has 2 rings (SSSR count). The molecule has 0 atom stereocenters. The average Bonchev–Trinajstić information content (AvgIpc) is 2.81. The Morgan fingerprint density at radius 1 is 1.26 bits per heavy atom. The number of thioether (sulfide) groups is 1. The zero-order valence-corrected chi connectivity index (χ0v) is 12.3. The highest BCUT2D eigenvalue weighted by Gasteiger charge is 2.09. The number of allylic oxidation sites excluding steroid dienone is 1. The van der Waals surface area contributed by atoms with E-state index in [1.54, 1.807) is 11.8 Å². The average molecular weight is 273 g/mol. The highest BCUT2D eigenvalue weighted by Crippen LogP contribution is 2.22. The third-order valence-electron chi connectivity index (χ3n) is 2.91. The second-order valence-electron chi connectivity index (χ2n) is 4.43. The van der Waals surface area contributed by atoms with Crippen LogP contribution in [0, 0.1) is 6.92 Å². The fourth-order valence-electron chi connectivity index (χ4n) is 1.83. The van der Waals surface area contributed by atoms with E-state index in [2.05, 4.69) is 59.5 Å². The molecule has 0 saturated heterocycles. The number of aromatic nitrogens is 3. The molecule has 0 bridgehead atoms. The molecule has 2 aromatic rings. The smallest absolute Gasteiger partial charge is 0.191 e. The molecule has 0 radical (unpaired) electrons. The molecule has 0 aliphatic heterocycles. The SMILES string of the molecule is C=CCn1c(CC)nnc1SCc1ccc(C)cc1. The Hall–Kier alpha value is -1.55. The number of rotatable bonds is 6. The maximum Gasteiger partial charge on any atom is 0.191 e. The molecule has 1 aromatic heterocycles. The van der Waals surface area contributed by atoms with Gasteiger partial charge >= 0.3 is 0 Å². The Morgan fingerprint density at radius 3 is 2.63 bits per heavy atom. The van der Waals surface area contributed by atoms with Gasteiger partial charge in [0, 0.05) is 18.7 Å². The van der Waals surface area contributed by atoms with E-state index in [1.807, 2.05) is 6.08 Å². The van der Waals surface area contributed by atoms with Crippen LogP contribution in [-0.4, -0.2) is 14.8 Å². The van der Waals surface area contributed by atoms with E-state index in [-0.39, 0.29) is 0 Å². The summed E-state index contributed by atoms with van der Waals surface area (Å²) in [6.07, 6.45) is 2.78. The van der Waals surface area contributed by atoms with Gasteiger partial charge in [-0.1, -0.05) is 54.6 Å². The molecule has 0 aliphatic carbocycles. The van der Waals surface area contributed by atoms with Crippen molar-refractivity contribution in [2.75, 3.05) is 0 Å². The van der Waals surface area contributed by atoms with Gasteiger partial charge in [-0.2, -0.15) is 0 Å². The second kappa shape index (κ2) is 6.57. The van der Waals surface area contributed by atoms with Gasteiger partial charge in [0.15, 0.2) is 5.16 Å². The first kappa shape index (κ1) is 13.9. The van der Waals surface area contributed by atoms with Crippen LogP contribution in [0.25, 0.3) is 0 Å². The second-order valence-corrected chi connectivity index (χ2v) is 5.37. The van der Waals surface area contributed by atoms with E-state index >= 15 is 0 Å². The molecule has 19 heavy (non-hydrogen) atoms. The van der Waals surface area contributed by atoms with Gasteiger partial charge in [0.1, 0.15) is 5.82 Å². The van der Waals surface area contributed by atoms with Crippen molar-refractivity contribution in [3.05, 3.63) is 53.9 Å². The highest BCUT2D eigenvalue weighted by molar-refractivity contribution is 7.98. The zero-order chi connectivity index (χ0) is 13.7. The summed E-state index contributed by atoms with van der Waals surface area (Å²) in [5.74, 6) is 1.94. The first-order chi connectivity index (χ1) is 9.24. The van der Waals surface area contributed by atoms with Crippen molar-refractivity contribution in [2.45, 2.75) is 37.7 Å². The van der Waals surface area contributed by atoms with E-state index in [0.29, 0.717) is 0 Å². The minimum atomic E-state index is 0.770. The molecular formula is C15H19N3S. The fourth-order valence-corrected chi connectivity index (χ4v) is 2.75. The van der Waals surface area contributed by atoms with Crippen LogP contribution in [0.5, 0.6) is 0 Å². The van der Waals surface area contributed by atoms with E-state index in [9.17, 15) is 0 Å². The molecule has 0 fully saturated rings. The van der Waals surface area contributed by atoms with Gasteiger partial charge < -0.3 is 4.57 Å². The fraction of sp³-hybridized carbons (Fsp3) is 0.333. The molecule has 4 heteroatoms. The lowest BCUT2D eigenvalue weighted by molar-refractivity contribution is 0.685. The van der Waals surface area contributed by atoms with E-state index in [1.165, 1.54) is 11.1 Å². The van der Waals surface area contributed by atoms with Gasteiger partial charge in [0.05, 0.1) is 0 Å². The molecule has 0 spiro atoms. The van der Waals surface area contributed by atoms with Gasteiger partial charge in [-0.15, -0.1) is 16.8 Å². The lowest BCUT2D eigenvalue weighted by Crippen LogP contribution is -2.02. The summed E-state index contributed by atoms with van der Waals surface area (Å²) in [5.41, 5.74) is 2.60. The van der Waals surface area contributed by atoms with Crippen molar-refractivity contribution in [2.24, 2.45) is 0 Å². The van der Waals surface area contributed by atoms with Gasteiger partial charge in [0.2, 0.25) is 0 Å². The molecule has 0 N–H and O–H groups in total. The maximum atomic E-state index is 4.27. The third-order valence-corrected chi connectivity index (χ3v) is 3.95. The summed E-state index contributed by atoms with van der Waals surface area (Å²) in [5, 5.41) is 9.46. The number of hydrogen-bond acceptors (Lipinski definition) is 3. The van der Waals surface area contributed by atoms with Crippen molar-refractivity contribution in [3.63, 3.8) is 0 Å². The van der Waals surface area contributed by atoms with Crippen LogP contribution in [0.15, 0.2) is 42.1 Å². The minimum absolute atomic E-state index is 0.770. The van der Waals surface area contributed by atoms with Crippen molar-refractivity contribution < 1.29 is 0 Å². The first-order valence-electron chi connectivity index (χ1n) is 6.46. The van der Waals surface area contributed by atoms with Crippen molar-refractivity contribution in [1.82, 2.24) is 14.8 Å². The monoisotopic (exact) mass is 273 g/mol. The van der Waals surface area contributed by atoms with Crippen molar-refractivity contribution in [3.8, 4) is 0 Å². The summed E-state index contributed by atoms with van der Waals surface area (Å²) in [4.78, 5) is 0. The summed E-state index contributed by atoms with van der Waals surface area (Å²) in [6, 6.07) is 8.61. The number of aryl methyl sites for hydroxylation is 2. The Bertz CT molecular complexity index is 543. The number of hydrogen-bond donors (Lipinski definition) is 0. The van der Waals surface area contributed by atoms with Gasteiger partial charge in [-0.3, -0.25) is 0 Å². The highest BCUT2D eigenvalue weighted by atomic mass is 32.2. The Kier molecular flexibility index (Phi) is 4.80. The molecule has 3 nitrogen and oxygen atoms in total. The van der Waals surface area contributed by atoms with Crippen molar-refractivity contribution >= 4 is 11.8 Å². The van der Waals surface area contributed by atoms with Crippen LogP contribution in [0.2, 0.25) is 0 Å². The molecule has 1 aromatic carbocycles. The largest absolute Gasteiger partial charge is 0.302 e. The maximum absolute atomic E-state index is 4.27. The van der Waals surface area contributed by atoms with E-state index < -0.39 is 0 Å². The van der Waals surface area contributed by atoms with Crippen LogP contribution in [0.3, 0.4) is 0 Å². The van der Waals surface area contributed by atoms with Crippen LogP contribution in [-0.2, 0) is 18.7 Å². The lowest BCUT2D eigenvalue weighted by atomic mass is 10.2. The molecule has 0 saturated carbocycles. The van der Waals surface area contributed by atoms with Crippen LogP contribution in [0.4, 0.5) is 0 Å². The lowest BCUT2D eigenvalue weighted by Gasteiger charge is -2.06.